The number of benzene rings is 2. The van der Waals surface area contributed by atoms with Crippen LogP contribution in [-0.2, 0) is 5.41 Å². The van der Waals surface area contributed by atoms with Crippen molar-refractivity contribution < 1.29 is 4.92 Å². The number of anilines is 1. The third-order valence-electron chi connectivity index (χ3n) is 3.61. The van der Waals surface area contributed by atoms with Crippen molar-refractivity contribution in [1.29, 1.82) is 0 Å². The van der Waals surface area contributed by atoms with Gasteiger partial charge in [0.15, 0.2) is 0 Å². The molecule has 0 aliphatic carbocycles. The van der Waals surface area contributed by atoms with Gasteiger partial charge in [-0.3, -0.25) is 15.5 Å². The molecule has 0 saturated carbocycles. The fourth-order valence-corrected chi connectivity index (χ4v) is 2.15. The first-order valence-corrected chi connectivity index (χ1v) is 7.43. The van der Waals surface area contributed by atoms with Crippen LogP contribution in [0.3, 0.4) is 0 Å². The van der Waals surface area contributed by atoms with E-state index in [1.165, 1.54) is 11.6 Å². The fourth-order valence-electron chi connectivity index (χ4n) is 2.15. The average molecular weight is 311 g/mol. The van der Waals surface area contributed by atoms with Gasteiger partial charge in [0.25, 0.3) is 5.69 Å². The van der Waals surface area contributed by atoms with Gasteiger partial charge in [-0.15, -0.1) is 0 Å². The highest BCUT2D eigenvalue weighted by molar-refractivity contribution is 5.99. The normalized spacial score (nSPS) is 12.1. The van der Waals surface area contributed by atoms with Gasteiger partial charge < -0.3 is 0 Å². The van der Waals surface area contributed by atoms with Crippen molar-refractivity contribution in [3.63, 3.8) is 0 Å². The van der Waals surface area contributed by atoms with Crippen LogP contribution in [0.1, 0.15) is 38.8 Å². The van der Waals surface area contributed by atoms with Crippen molar-refractivity contribution in [2.24, 2.45) is 5.10 Å². The molecule has 5 nitrogen and oxygen atoms in total. The highest BCUT2D eigenvalue weighted by Gasteiger charge is 2.14. The number of rotatable bonds is 4. The molecular formula is C18H21N3O2. The van der Waals surface area contributed by atoms with E-state index in [9.17, 15) is 10.1 Å². The van der Waals surface area contributed by atoms with Crippen molar-refractivity contribution in [1.82, 2.24) is 0 Å². The molecule has 0 fully saturated rings. The molecule has 0 aliphatic rings. The SMILES string of the molecule is C/C(=N/Nc1ccccc1[N+](=O)[O-])c1ccc(C(C)(C)C)cc1. The first-order chi connectivity index (χ1) is 10.8. The van der Waals surface area contributed by atoms with Crippen LogP contribution in [0.4, 0.5) is 11.4 Å². The summed E-state index contributed by atoms with van der Waals surface area (Å²) in [5.41, 5.74) is 6.27. The van der Waals surface area contributed by atoms with Crippen LogP contribution in [0.25, 0.3) is 0 Å². The zero-order valence-electron chi connectivity index (χ0n) is 13.8. The lowest BCUT2D eigenvalue weighted by Gasteiger charge is -2.19. The number of hydrogen-bond acceptors (Lipinski definition) is 4. The smallest absolute Gasteiger partial charge is 0.271 e. The summed E-state index contributed by atoms with van der Waals surface area (Å²) in [6, 6.07) is 14.6. The Morgan fingerprint density at radius 2 is 1.70 bits per heavy atom. The Bertz CT molecular complexity index is 729. The Hall–Kier alpha value is -2.69. The predicted molar refractivity (Wildman–Crippen MR) is 94.1 cm³/mol. The average Bonchev–Trinajstić information content (AvgIpc) is 2.52. The molecule has 0 bridgehead atoms. The lowest BCUT2D eigenvalue weighted by atomic mass is 9.86. The van der Waals surface area contributed by atoms with Crippen molar-refractivity contribution in [2.45, 2.75) is 33.1 Å². The molecule has 0 heterocycles. The summed E-state index contributed by atoms with van der Waals surface area (Å²) >= 11 is 0. The highest BCUT2D eigenvalue weighted by Crippen LogP contribution is 2.24. The number of nitro benzene ring substituents is 1. The van der Waals surface area contributed by atoms with E-state index < -0.39 is 4.92 Å². The van der Waals surface area contributed by atoms with Gasteiger partial charge in [0.1, 0.15) is 5.69 Å². The van der Waals surface area contributed by atoms with Crippen LogP contribution in [0.2, 0.25) is 0 Å². The number of hydrazone groups is 1. The highest BCUT2D eigenvalue weighted by atomic mass is 16.6. The standard InChI is InChI=1S/C18H21N3O2/c1-13(14-9-11-15(12-10-14)18(2,3)4)19-20-16-7-5-6-8-17(16)21(22)23/h5-12,20H,1-4H3/b19-13-. The zero-order valence-corrected chi connectivity index (χ0v) is 13.8. The van der Waals surface area contributed by atoms with Crippen LogP contribution in [-0.4, -0.2) is 10.6 Å². The summed E-state index contributed by atoms with van der Waals surface area (Å²) in [5, 5.41) is 15.2. The van der Waals surface area contributed by atoms with Crippen LogP contribution in [0.15, 0.2) is 53.6 Å². The second kappa shape index (κ2) is 6.60. The topological polar surface area (TPSA) is 67.5 Å². The summed E-state index contributed by atoms with van der Waals surface area (Å²) in [6.07, 6.45) is 0. The van der Waals surface area contributed by atoms with Gasteiger partial charge in [-0.1, -0.05) is 57.2 Å². The molecule has 0 saturated heterocycles. The second-order valence-corrected chi connectivity index (χ2v) is 6.41. The summed E-state index contributed by atoms with van der Waals surface area (Å²) in [6.45, 7) is 8.37. The van der Waals surface area contributed by atoms with Crippen LogP contribution in [0.5, 0.6) is 0 Å². The molecule has 120 valence electrons. The van der Waals surface area contributed by atoms with Gasteiger partial charge in [0.2, 0.25) is 0 Å². The molecule has 5 heteroatoms. The van der Waals surface area contributed by atoms with Crippen molar-refractivity contribution >= 4 is 17.1 Å². The Morgan fingerprint density at radius 1 is 1.09 bits per heavy atom. The van der Waals surface area contributed by atoms with E-state index >= 15 is 0 Å². The van der Waals surface area contributed by atoms with E-state index in [0.717, 1.165) is 11.3 Å². The molecule has 2 aromatic rings. The maximum absolute atomic E-state index is 11.0. The van der Waals surface area contributed by atoms with Crippen LogP contribution >= 0.6 is 0 Å². The van der Waals surface area contributed by atoms with Crippen LogP contribution < -0.4 is 5.43 Å². The number of para-hydroxylation sites is 2. The van der Waals surface area contributed by atoms with Gasteiger partial charge in [-0.05, 0) is 29.5 Å². The quantitative estimate of drug-likeness (QED) is 0.504. The van der Waals surface area contributed by atoms with Crippen molar-refractivity contribution in [3.05, 3.63) is 69.8 Å². The van der Waals surface area contributed by atoms with Crippen molar-refractivity contribution in [3.8, 4) is 0 Å². The van der Waals surface area contributed by atoms with Crippen LogP contribution in [0, 0.1) is 10.1 Å². The Labute approximate surface area is 136 Å². The van der Waals surface area contributed by atoms with E-state index in [0.29, 0.717) is 5.69 Å². The molecule has 0 aromatic heterocycles. The van der Waals surface area contributed by atoms with E-state index in [2.05, 4.69) is 43.4 Å². The minimum Gasteiger partial charge on any atom is -0.271 e. The molecule has 0 amide bonds. The number of nitrogens with one attached hydrogen (secondary N) is 1. The van der Waals surface area contributed by atoms with E-state index in [1.807, 2.05) is 19.1 Å². The zero-order chi connectivity index (χ0) is 17.0. The van der Waals surface area contributed by atoms with E-state index in [1.54, 1.807) is 18.2 Å². The minimum atomic E-state index is -0.425. The number of hydrogen-bond donors (Lipinski definition) is 1. The lowest BCUT2D eigenvalue weighted by Crippen LogP contribution is -2.11. The molecule has 2 aromatic carbocycles. The first-order valence-electron chi connectivity index (χ1n) is 7.43. The van der Waals surface area contributed by atoms with E-state index in [4.69, 9.17) is 0 Å². The molecule has 0 aliphatic heterocycles. The lowest BCUT2D eigenvalue weighted by molar-refractivity contribution is -0.384. The maximum Gasteiger partial charge on any atom is 0.294 e. The monoisotopic (exact) mass is 311 g/mol. The fraction of sp³-hybridized carbons (Fsp3) is 0.278. The summed E-state index contributed by atoms with van der Waals surface area (Å²) < 4.78 is 0. The number of nitro groups is 1. The maximum atomic E-state index is 11.0. The predicted octanol–water partition coefficient (Wildman–Crippen LogP) is 4.73. The molecule has 0 radical (unpaired) electrons. The van der Waals surface area contributed by atoms with Gasteiger partial charge in [-0.2, -0.15) is 5.10 Å². The summed E-state index contributed by atoms with van der Waals surface area (Å²) in [7, 11) is 0. The molecule has 1 N–H and O–H groups in total. The van der Waals surface area contributed by atoms with E-state index in [-0.39, 0.29) is 11.1 Å². The van der Waals surface area contributed by atoms with Gasteiger partial charge in [0, 0.05) is 6.07 Å². The molecule has 0 atom stereocenters. The second-order valence-electron chi connectivity index (χ2n) is 6.41. The largest absolute Gasteiger partial charge is 0.294 e. The van der Waals surface area contributed by atoms with Gasteiger partial charge in [-0.25, -0.2) is 0 Å². The molecule has 23 heavy (non-hydrogen) atoms. The molecule has 2 rings (SSSR count). The number of nitrogens with zero attached hydrogens (tertiary/aromatic N) is 2. The molecule has 0 spiro atoms. The summed E-state index contributed by atoms with van der Waals surface area (Å²) in [5.74, 6) is 0. The van der Waals surface area contributed by atoms with Gasteiger partial charge in [0.05, 0.1) is 10.6 Å². The first kappa shape index (κ1) is 16.7. The molecular weight excluding hydrogens is 290 g/mol. The van der Waals surface area contributed by atoms with Crippen molar-refractivity contribution in [2.75, 3.05) is 5.43 Å². The summed E-state index contributed by atoms with van der Waals surface area (Å²) in [4.78, 5) is 10.6. The Kier molecular flexibility index (Phi) is 4.79. The molecule has 0 unspecified atom stereocenters. The Balaban J connectivity index is 2.19. The minimum absolute atomic E-state index is 0.00660. The Morgan fingerprint density at radius 3 is 2.26 bits per heavy atom. The third kappa shape index (κ3) is 4.16. The van der Waals surface area contributed by atoms with Gasteiger partial charge >= 0.3 is 0 Å². The third-order valence-corrected chi connectivity index (χ3v) is 3.61.